The molecule has 3 rings (SSSR count). The van der Waals surface area contributed by atoms with Crippen molar-refractivity contribution in [3.05, 3.63) is 106 Å². The van der Waals surface area contributed by atoms with Crippen LogP contribution in [-0.4, -0.2) is 25.0 Å². The molecule has 0 spiro atoms. The van der Waals surface area contributed by atoms with Crippen LogP contribution in [0.1, 0.15) is 40.1 Å². The largest absolute Gasteiger partial charge is 0.462 e. The van der Waals surface area contributed by atoms with Gasteiger partial charge in [0.25, 0.3) is 5.91 Å². The SMILES string of the molecule is CC(C)(Cc1ccccc1)C(CNC(=O)c1ccc(Cl)cc1)COC(=O)c1ccc(Cl)cc1. The number of amides is 1. The molecule has 1 unspecified atom stereocenters. The number of ether oxygens (including phenoxy) is 1. The van der Waals surface area contributed by atoms with E-state index in [2.05, 4.69) is 31.3 Å². The lowest BCUT2D eigenvalue weighted by Gasteiger charge is -2.34. The fraction of sp³-hybridized carbons (Fsp3) is 0.259. The average Bonchev–Trinajstić information content (AvgIpc) is 2.79. The van der Waals surface area contributed by atoms with Crippen molar-refractivity contribution < 1.29 is 14.3 Å². The van der Waals surface area contributed by atoms with E-state index in [0.29, 0.717) is 27.7 Å². The molecule has 6 heteroatoms. The first-order chi connectivity index (χ1) is 15.7. The van der Waals surface area contributed by atoms with Gasteiger partial charge in [0.2, 0.25) is 0 Å². The highest BCUT2D eigenvalue weighted by Gasteiger charge is 2.31. The van der Waals surface area contributed by atoms with Gasteiger partial charge in [0.05, 0.1) is 12.2 Å². The predicted molar refractivity (Wildman–Crippen MR) is 133 cm³/mol. The number of halogens is 2. The molecule has 0 fully saturated rings. The second-order valence-corrected chi connectivity index (χ2v) is 9.54. The zero-order valence-electron chi connectivity index (χ0n) is 18.7. The van der Waals surface area contributed by atoms with Crippen molar-refractivity contribution in [3.63, 3.8) is 0 Å². The Labute approximate surface area is 204 Å². The molecular weight excluding hydrogens is 457 g/mol. The van der Waals surface area contributed by atoms with E-state index in [9.17, 15) is 9.59 Å². The lowest BCUT2D eigenvalue weighted by atomic mass is 9.74. The molecule has 0 aromatic heterocycles. The van der Waals surface area contributed by atoms with Crippen LogP contribution in [0.5, 0.6) is 0 Å². The molecule has 3 aromatic rings. The summed E-state index contributed by atoms with van der Waals surface area (Å²) in [5.41, 5.74) is 1.89. The summed E-state index contributed by atoms with van der Waals surface area (Å²) in [4.78, 5) is 25.2. The minimum Gasteiger partial charge on any atom is -0.462 e. The highest BCUT2D eigenvalue weighted by atomic mass is 35.5. The van der Waals surface area contributed by atoms with Crippen LogP contribution in [0.4, 0.5) is 0 Å². The Bertz CT molecular complexity index is 1000. The van der Waals surface area contributed by atoms with Crippen LogP contribution in [0.25, 0.3) is 0 Å². The molecule has 0 heterocycles. The molecule has 1 amide bonds. The van der Waals surface area contributed by atoms with Crippen molar-refractivity contribution in [1.29, 1.82) is 0 Å². The Hall–Kier alpha value is -2.82. The summed E-state index contributed by atoms with van der Waals surface area (Å²) in [6, 6.07) is 23.4. The number of carbonyl (C=O) groups excluding carboxylic acids is 2. The van der Waals surface area contributed by atoms with Gasteiger partial charge in [-0.2, -0.15) is 0 Å². The van der Waals surface area contributed by atoms with E-state index in [0.717, 1.165) is 6.42 Å². The second kappa shape index (κ2) is 11.4. The number of hydrogen-bond acceptors (Lipinski definition) is 3. The Morgan fingerprint density at radius 1 is 0.848 bits per heavy atom. The van der Waals surface area contributed by atoms with Crippen LogP contribution in [0.3, 0.4) is 0 Å². The highest BCUT2D eigenvalue weighted by Crippen LogP contribution is 2.31. The lowest BCUT2D eigenvalue weighted by Crippen LogP contribution is -2.40. The third-order valence-electron chi connectivity index (χ3n) is 5.72. The van der Waals surface area contributed by atoms with Gasteiger partial charge in [-0.25, -0.2) is 4.79 Å². The van der Waals surface area contributed by atoms with Gasteiger partial charge in [-0.15, -0.1) is 0 Å². The zero-order valence-corrected chi connectivity index (χ0v) is 20.2. The molecule has 0 saturated heterocycles. The van der Waals surface area contributed by atoms with E-state index in [-0.39, 0.29) is 23.8 Å². The van der Waals surface area contributed by atoms with Crippen LogP contribution < -0.4 is 5.32 Å². The summed E-state index contributed by atoms with van der Waals surface area (Å²) in [6.07, 6.45) is 0.772. The first kappa shape index (κ1) is 24.8. The molecule has 3 aromatic carbocycles. The molecule has 0 bridgehead atoms. The van der Waals surface area contributed by atoms with Crippen LogP contribution >= 0.6 is 23.2 Å². The first-order valence-corrected chi connectivity index (χ1v) is 11.5. The van der Waals surface area contributed by atoms with E-state index in [1.165, 1.54) is 5.56 Å². The number of rotatable bonds is 9. The van der Waals surface area contributed by atoms with Crippen molar-refractivity contribution >= 4 is 35.1 Å². The quantitative estimate of drug-likeness (QED) is 0.355. The maximum atomic E-state index is 12.7. The molecule has 0 radical (unpaired) electrons. The number of esters is 1. The Morgan fingerprint density at radius 3 is 1.97 bits per heavy atom. The van der Waals surface area contributed by atoms with Gasteiger partial charge >= 0.3 is 5.97 Å². The number of hydrogen-bond donors (Lipinski definition) is 1. The number of nitrogens with one attached hydrogen (secondary N) is 1. The minimum absolute atomic E-state index is 0.120. The van der Waals surface area contributed by atoms with Crippen LogP contribution in [0, 0.1) is 11.3 Å². The smallest absolute Gasteiger partial charge is 0.338 e. The molecule has 0 saturated carbocycles. The summed E-state index contributed by atoms with van der Waals surface area (Å²) in [7, 11) is 0. The molecule has 0 aliphatic heterocycles. The van der Waals surface area contributed by atoms with Gasteiger partial charge in [-0.1, -0.05) is 67.4 Å². The maximum absolute atomic E-state index is 12.7. The standard InChI is InChI=1S/C27H27Cl2NO3/c1-27(2,16-19-6-4-3-5-7-19)22(17-30-25(31)20-8-12-23(28)13-9-20)18-33-26(32)21-10-14-24(29)15-11-21/h3-15,22H,16-18H2,1-2H3,(H,30,31). The first-order valence-electron chi connectivity index (χ1n) is 10.7. The van der Waals surface area contributed by atoms with Crippen molar-refractivity contribution in [1.82, 2.24) is 5.32 Å². The zero-order chi connectivity index (χ0) is 23.8. The van der Waals surface area contributed by atoms with Gasteiger partial charge in [0, 0.05) is 28.1 Å². The second-order valence-electron chi connectivity index (χ2n) is 8.67. The average molecular weight is 484 g/mol. The van der Waals surface area contributed by atoms with Gasteiger partial charge in [0.15, 0.2) is 0 Å². The normalized spacial score (nSPS) is 12.1. The molecule has 0 aliphatic carbocycles. The van der Waals surface area contributed by atoms with Crippen molar-refractivity contribution in [2.45, 2.75) is 20.3 Å². The summed E-state index contributed by atoms with van der Waals surface area (Å²) in [5, 5.41) is 4.12. The van der Waals surface area contributed by atoms with Crippen molar-refractivity contribution in [2.75, 3.05) is 13.2 Å². The lowest BCUT2D eigenvalue weighted by molar-refractivity contribution is 0.0308. The monoisotopic (exact) mass is 483 g/mol. The number of carbonyl (C=O) groups is 2. The van der Waals surface area contributed by atoms with Crippen molar-refractivity contribution in [2.24, 2.45) is 11.3 Å². The Balaban J connectivity index is 1.71. The third kappa shape index (κ3) is 7.34. The van der Waals surface area contributed by atoms with E-state index in [1.54, 1.807) is 48.5 Å². The van der Waals surface area contributed by atoms with Crippen LogP contribution in [0.2, 0.25) is 10.0 Å². The topological polar surface area (TPSA) is 55.4 Å². The van der Waals surface area contributed by atoms with E-state index in [1.807, 2.05) is 18.2 Å². The van der Waals surface area contributed by atoms with Gasteiger partial charge < -0.3 is 10.1 Å². The van der Waals surface area contributed by atoms with Crippen LogP contribution in [0.15, 0.2) is 78.9 Å². The predicted octanol–water partition coefficient (Wildman–Crippen LogP) is 6.47. The van der Waals surface area contributed by atoms with Gasteiger partial charge in [-0.05, 0) is 65.9 Å². The fourth-order valence-electron chi connectivity index (χ4n) is 3.59. The Kier molecular flexibility index (Phi) is 8.54. The van der Waals surface area contributed by atoms with E-state index in [4.69, 9.17) is 27.9 Å². The molecule has 172 valence electrons. The third-order valence-corrected chi connectivity index (χ3v) is 6.22. The van der Waals surface area contributed by atoms with E-state index >= 15 is 0 Å². The van der Waals surface area contributed by atoms with E-state index < -0.39 is 5.97 Å². The Morgan fingerprint density at radius 2 is 1.39 bits per heavy atom. The maximum Gasteiger partial charge on any atom is 0.338 e. The molecular formula is C27H27Cl2NO3. The molecule has 1 N–H and O–H groups in total. The van der Waals surface area contributed by atoms with Crippen molar-refractivity contribution in [3.8, 4) is 0 Å². The van der Waals surface area contributed by atoms with Gasteiger partial charge in [-0.3, -0.25) is 4.79 Å². The fourth-order valence-corrected chi connectivity index (χ4v) is 3.84. The summed E-state index contributed by atoms with van der Waals surface area (Å²) in [6.45, 7) is 4.77. The summed E-state index contributed by atoms with van der Waals surface area (Å²) >= 11 is 11.8. The van der Waals surface area contributed by atoms with Crippen LogP contribution in [-0.2, 0) is 11.2 Å². The molecule has 0 aliphatic rings. The highest BCUT2D eigenvalue weighted by molar-refractivity contribution is 6.31. The minimum atomic E-state index is -0.420. The van der Waals surface area contributed by atoms with Gasteiger partial charge in [0.1, 0.15) is 0 Å². The molecule has 4 nitrogen and oxygen atoms in total. The molecule has 33 heavy (non-hydrogen) atoms. The summed E-state index contributed by atoms with van der Waals surface area (Å²) in [5.74, 6) is -0.738. The summed E-state index contributed by atoms with van der Waals surface area (Å²) < 4.78 is 5.66. The molecule has 1 atom stereocenters. The number of benzene rings is 3.